The first-order valence-corrected chi connectivity index (χ1v) is 4.90. The number of carbonyl (C=O) groups excluding carboxylic acids is 2. The minimum Gasteiger partial charge on any atom is -0.462 e. The average molecular weight is 227 g/mol. The molecule has 0 N–H and O–H groups in total. The predicted molar refractivity (Wildman–Crippen MR) is 57.5 cm³/mol. The molecule has 0 amide bonds. The minimum absolute atomic E-state index is 0.237. The predicted octanol–water partition coefficient (Wildman–Crippen LogP) is 2.64. The lowest BCUT2D eigenvalue weighted by molar-refractivity contribution is 0.0526. The topological polar surface area (TPSA) is 43.4 Å². The molecule has 0 aliphatic heterocycles. The van der Waals surface area contributed by atoms with Gasteiger partial charge in [-0.2, -0.15) is 0 Å². The summed E-state index contributed by atoms with van der Waals surface area (Å²) in [6, 6.07) is 3.03. The fourth-order valence-electron chi connectivity index (χ4n) is 1.19. The van der Waals surface area contributed by atoms with Gasteiger partial charge >= 0.3 is 5.97 Å². The first-order chi connectivity index (χ1) is 7.10. The second-order valence-corrected chi connectivity index (χ2v) is 3.43. The van der Waals surface area contributed by atoms with E-state index in [1.165, 1.54) is 6.07 Å². The molecule has 0 unspecified atom stereocenters. The van der Waals surface area contributed by atoms with Crippen LogP contribution in [0.1, 0.15) is 33.2 Å². The van der Waals surface area contributed by atoms with Crippen molar-refractivity contribution in [1.29, 1.82) is 0 Å². The summed E-state index contributed by atoms with van der Waals surface area (Å²) in [6.45, 7) is 3.75. The summed E-state index contributed by atoms with van der Waals surface area (Å²) in [5.41, 5.74) is 1.48. The van der Waals surface area contributed by atoms with Gasteiger partial charge in [0.15, 0.2) is 0 Å². The average Bonchev–Trinajstić information content (AvgIpc) is 2.21. The van der Waals surface area contributed by atoms with Crippen LogP contribution in [0.5, 0.6) is 0 Å². The van der Waals surface area contributed by atoms with Gasteiger partial charge in [-0.25, -0.2) is 4.79 Å². The zero-order valence-corrected chi connectivity index (χ0v) is 9.30. The highest BCUT2D eigenvalue weighted by molar-refractivity contribution is 6.33. The van der Waals surface area contributed by atoms with Crippen LogP contribution in [0.2, 0.25) is 5.02 Å². The molecule has 4 heteroatoms. The molecular weight excluding hydrogens is 216 g/mol. The molecule has 0 aliphatic carbocycles. The van der Waals surface area contributed by atoms with E-state index >= 15 is 0 Å². The molecule has 0 fully saturated rings. The SMILES string of the molecule is CCOC(=O)c1cc(C)c(C=O)cc1Cl. The number of ether oxygens (including phenoxy) is 1. The smallest absolute Gasteiger partial charge is 0.339 e. The Kier molecular flexibility index (Phi) is 3.86. The standard InChI is InChI=1S/C11H11ClO3/c1-3-15-11(14)9-4-7(2)8(6-13)5-10(9)12/h4-6H,3H2,1-2H3. The van der Waals surface area contributed by atoms with Gasteiger partial charge in [-0.15, -0.1) is 0 Å². The van der Waals surface area contributed by atoms with Crippen LogP contribution < -0.4 is 0 Å². The largest absolute Gasteiger partial charge is 0.462 e. The van der Waals surface area contributed by atoms with Crippen LogP contribution in [0.3, 0.4) is 0 Å². The van der Waals surface area contributed by atoms with Crippen molar-refractivity contribution in [2.75, 3.05) is 6.61 Å². The van der Waals surface area contributed by atoms with Gasteiger partial charge in [0.05, 0.1) is 17.2 Å². The van der Waals surface area contributed by atoms with Crippen LogP contribution in [0.15, 0.2) is 12.1 Å². The lowest BCUT2D eigenvalue weighted by Gasteiger charge is -2.06. The van der Waals surface area contributed by atoms with Crippen molar-refractivity contribution in [3.63, 3.8) is 0 Å². The molecule has 80 valence electrons. The maximum Gasteiger partial charge on any atom is 0.339 e. The zero-order valence-electron chi connectivity index (χ0n) is 8.54. The summed E-state index contributed by atoms with van der Waals surface area (Å²) in [4.78, 5) is 22.0. The van der Waals surface area contributed by atoms with Crippen LogP contribution in [0, 0.1) is 6.92 Å². The molecule has 3 nitrogen and oxygen atoms in total. The number of aldehydes is 1. The number of aryl methyl sites for hydroxylation is 1. The van der Waals surface area contributed by atoms with E-state index in [9.17, 15) is 9.59 Å². The van der Waals surface area contributed by atoms with Gasteiger partial charge in [0.1, 0.15) is 6.29 Å². The Hall–Kier alpha value is -1.35. The van der Waals surface area contributed by atoms with Crippen LogP contribution in [0.4, 0.5) is 0 Å². The molecule has 0 bridgehead atoms. The second-order valence-electron chi connectivity index (χ2n) is 3.03. The van der Waals surface area contributed by atoms with E-state index in [1.807, 2.05) is 0 Å². The highest BCUT2D eigenvalue weighted by Gasteiger charge is 2.13. The highest BCUT2D eigenvalue weighted by Crippen LogP contribution is 2.21. The van der Waals surface area contributed by atoms with Gasteiger partial charge < -0.3 is 4.74 Å². The molecule has 15 heavy (non-hydrogen) atoms. The summed E-state index contributed by atoms with van der Waals surface area (Å²) in [6.07, 6.45) is 0.705. The molecule has 1 aromatic rings. The third kappa shape index (κ3) is 2.57. The molecule has 1 rings (SSSR count). The maximum absolute atomic E-state index is 11.4. The van der Waals surface area contributed by atoms with E-state index in [4.69, 9.17) is 16.3 Å². The Labute approximate surface area is 93.0 Å². The highest BCUT2D eigenvalue weighted by atomic mass is 35.5. The van der Waals surface area contributed by atoms with Crippen LogP contribution in [-0.2, 0) is 4.74 Å². The van der Waals surface area contributed by atoms with E-state index in [0.29, 0.717) is 29.6 Å². The summed E-state index contributed by atoms with van der Waals surface area (Å²) in [7, 11) is 0. The Morgan fingerprint density at radius 2 is 2.20 bits per heavy atom. The molecule has 0 saturated carbocycles. The Morgan fingerprint density at radius 3 is 2.73 bits per heavy atom. The number of hydrogen-bond acceptors (Lipinski definition) is 3. The number of carbonyl (C=O) groups is 2. The summed E-state index contributed by atoms with van der Waals surface area (Å²) < 4.78 is 4.83. The van der Waals surface area contributed by atoms with Crippen molar-refractivity contribution >= 4 is 23.9 Å². The first-order valence-electron chi connectivity index (χ1n) is 4.52. The number of esters is 1. The zero-order chi connectivity index (χ0) is 11.4. The van der Waals surface area contributed by atoms with E-state index in [2.05, 4.69) is 0 Å². The van der Waals surface area contributed by atoms with Crippen molar-refractivity contribution in [3.05, 3.63) is 33.8 Å². The van der Waals surface area contributed by atoms with E-state index in [-0.39, 0.29) is 5.02 Å². The number of benzene rings is 1. The molecular formula is C11H11ClO3. The summed E-state index contributed by atoms with van der Waals surface area (Å²) in [5.74, 6) is -0.469. The Morgan fingerprint density at radius 1 is 1.53 bits per heavy atom. The van der Waals surface area contributed by atoms with Gasteiger partial charge in [0.25, 0.3) is 0 Å². The molecule has 0 spiro atoms. The van der Waals surface area contributed by atoms with Gasteiger partial charge in [-0.3, -0.25) is 4.79 Å². The minimum atomic E-state index is -0.469. The third-order valence-corrected chi connectivity index (χ3v) is 2.29. The molecule has 0 aromatic heterocycles. The van der Waals surface area contributed by atoms with Crippen molar-refractivity contribution in [3.8, 4) is 0 Å². The fourth-order valence-corrected chi connectivity index (χ4v) is 1.44. The summed E-state index contributed by atoms with van der Waals surface area (Å²) >= 11 is 5.85. The molecule has 0 radical (unpaired) electrons. The molecule has 0 heterocycles. The van der Waals surface area contributed by atoms with Crippen molar-refractivity contribution in [1.82, 2.24) is 0 Å². The van der Waals surface area contributed by atoms with Gasteiger partial charge in [0, 0.05) is 5.56 Å². The molecule has 0 saturated heterocycles. The van der Waals surface area contributed by atoms with E-state index < -0.39 is 5.97 Å². The number of hydrogen-bond donors (Lipinski definition) is 0. The Bertz CT molecular complexity index is 399. The Balaban J connectivity index is 3.15. The molecule has 0 atom stereocenters. The van der Waals surface area contributed by atoms with Crippen LogP contribution in [0.25, 0.3) is 0 Å². The number of halogens is 1. The number of rotatable bonds is 3. The van der Waals surface area contributed by atoms with Gasteiger partial charge in [0.2, 0.25) is 0 Å². The third-order valence-electron chi connectivity index (χ3n) is 1.98. The van der Waals surface area contributed by atoms with Crippen molar-refractivity contribution in [2.24, 2.45) is 0 Å². The molecule has 1 aromatic carbocycles. The van der Waals surface area contributed by atoms with Crippen LogP contribution in [-0.4, -0.2) is 18.9 Å². The quantitative estimate of drug-likeness (QED) is 0.588. The van der Waals surface area contributed by atoms with Gasteiger partial charge in [-0.1, -0.05) is 11.6 Å². The van der Waals surface area contributed by atoms with Crippen molar-refractivity contribution in [2.45, 2.75) is 13.8 Å². The second kappa shape index (κ2) is 4.94. The van der Waals surface area contributed by atoms with Crippen LogP contribution >= 0.6 is 11.6 Å². The fraction of sp³-hybridized carbons (Fsp3) is 0.273. The summed E-state index contributed by atoms with van der Waals surface area (Å²) in [5, 5.41) is 0.237. The molecule has 0 aliphatic rings. The van der Waals surface area contributed by atoms with E-state index in [0.717, 1.165) is 0 Å². The van der Waals surface area contributed by atoms with Gasteiger partial charge in [-0.05, 0) is 31.5 Å². The monoisotopic (exact) mass is 226 g/mol. The lowest BCUT2D eigenvalue weighted by Crippen LogP contribution is -2.06. The van der Waals surface area contributed by atoms with Crippen molar-refractivity contribution < 1.29 is 14.3 Å². The normalized spacial score (nSPS) is 9.80. The lowest BCUT2D eigenvalue weighted by atomic mass is 10.1. The van der Waals surface area contributed by atoms with E-state index in [1.54, 1.807) is 19.9 Å². The first kappa shape index (κ1) is 11.7. The maximum atomic E-state index is 11.4.